The first-order chi connectivity index (χ1) is 8.59. The molecule has 1 aromatic heterocycles. The molecular weight excluding hydrogens is 228 g/mol. The predicted octanol–water partition coefficient (Wildman–Crippen LogP) is 1.89. The molecule has 0 spiro atoms. The molecule has 2 rings (SSSR count). The zero-order chi connectivity index (χ0) is 13.1. The Morgan fingerprint density at radius 2 is 2.06 bits per heavy atom. The monoisotopic (exact) mass is 246 g/mol. The van der Waals surface area contributed by atoms with Gasteiger partial charge >= 0.3 is 0 Å². The van der Waals surface area contributed by atoms with E-state index in [1.54, 1.807) is 12.3 Å². The maximum Gasteiger partial charge on any atom is 0.254 e. The number of primary amides is 1. The van der Waals surface area contributed by atoms with Crippen LogP contribution < -0.4 is 10.6 Å². The van der Waals surface area contributed by atoms with E-state index in [0.29, 0.717) is 11.4 Å². The number of rotatable bonds is 3. The van der Waals surface area contributed by atoms with Crippen molar-refractivity contribution in [3.8, 4) is 0 Å². The minimum atomic E-state index is -0.482. The van der Waals surface area contributed by atoms with Crippen LogP contribution in [0.3, 0.4) is 0 Å². The molecule has 0 aliphatic heterocycles. The highest BCUT2D eigenvalue weighted by atomic mass is 16.1. The van der Waals surface area contributed by atoms with Crippen molar-refractivity contribution in [2.45, 2.75) is 25.7 Å². The molecule has 0 atom stereocenters. The molecule has 5 nitrogen and oxygen atoms in total. The van der Waals surface area contributed by atoms with Gasteiger partial charge in [-0.3, -0.25) is 4.79 Å². The van der Waals surface area contributed by atoms with Crippen LogP contribution in [0.2, 0.25) is 0 Å². The van der Waals surface area contributed by atoms with E-state index in [4.69, 9.17) is 5.73 Å². The summed E-state index contributed by atoms with van der Waals surface area (Å²) in [4.78, 5) is 22.1. The van der Waals surface area contributed by atoms with Crippen molar-refractivity contribution in [2.24, 2.45) is 10.7 Å². The van der Waals surface area contributed by atoms with Gasteiger partial charge in [-0.2, -0.15) is 0 Å². The number of nitrogens with zero attached hydrogens (tertiary/aromatic N) is 3. The summed E-state index contributed by atoms with van der Waals surface area (Å²) in [5.74, 6) is -0.0326. The van der Waals surface area contributed by atoms with Gasteiger partial charge in [0.1, 0.15) is 5.56 Å². The number of aromatic nitrogens is 1. The zero-order valence-electron chi connectivity index (χ0n) is 10.8. The fourth-order valence-electron chi connectivity index (χ4n) is 2.18. The van der Waals surface area contributed by atoms with Gasteiger partial charge in [0, 0.05) is 26.0 Å². The molecule has 1 aliphatic carbocycles. The first kappa shape index (κ1) is 12.5. The summed E-state index contributed by atoms with van der Waals surface area (Å²) in [6.07, 6.45) is 5.98. The van der Waals surface area contributed by atoms with Crippen molar-refractivity contribution in [2.75, 3.05) is 19.0 Å². The van der Waals surface area contributed by atoms with Gasteiger partial charge in [-0.05, 0) is 31.7 Å². The SMILES string of the molecule is CN(C)c1ccnc(N=C2CCCC2)c1C(N)=O. The largest absolute Gasteiger partial charge is 0.377 e. The lowest BCUT2D eigenvalue weighted by atomic mass is 10.2. The van der Waals surface area contributed by atoms with Gasteiger partial charge in [-0.1, -0.05) is 0 Å². The lowest BCUT2D eigenvalue weighted by Crippen LogP contribution is -2.19. The second-order valence-electron chi connectivity index (χ2n) is 4.67. The number of hydrogen-bond donors (Lipinski definition) is 1. The Labute approximate surface area is 107 Å². The molecule has 18 heavy (non-hydrogen) atoms. The van der Waals surface area contributed by atoms with Gasteiger partial charge in [0.15, 0.2) is 5.82 Å². The van der Waals surface area contributed by atoms with Crippen LogP contribution in [0.15, 0.2) is 17.3 Å². The van der Waals surface area contributed by atoms with Gasteiger partial charge < -0.3 is 10.6 Å². The van der Waals surface area contributed by atoms with E-state index < -0.39 is 5.91 Å². The number of pyridine rings is 1. The quantitative estimate of drug-likeness (QED) is 0.885. The Balaban J connectivity index is 2.49. The Morgan fingerprint density at radius 3 is 2.61 bits per heavy atom. The first-order valence-corrected chi connectivity index (χ1v) is 6.12. The maximum absolute atomic E-state index is 11.6. The lowest BCUT2D eigenvalue weighted by molar-refractivity contribution is 0.100. The van der Waals surface area contributed by atoms with Gasteiger partial charge in [0.25, 0.3) is 5.91 Å². The third-order valence-electron chi connectivity index (χ3n) is 3.08. The average Bonchev–Trinajstić information content (AvgIpc) is 2.81. The summed E-state index contributed by atoms with van der Waals surface area (Å²) in [5, 5.41) is 0. The summed E-state index contributed by atoms with van der Waals surface area (Å²) in [6, 6.07) is 1.78. The second kappa shape index (κ2) is 5.16. The van der Waals surface area contributed by atoms with E-state index in [1.807, 2.05) is 19.0 Å². The highest BCUT2D eigenvalue weighted by Gasteiger charge is 2.17. The molecule has 1 aromatic rings. The molecular formula is C13H18N4O. The third-order valence-corrected chi connectivity index (χ3v) is 3.08. The topological polar surface area (TPSA) is 71.6 Å². The van der Waals surface area contributed by atoms with Crippen LogP contribution >= 0.6 is 0 Å². The minimum Gasteiger partial charge on any atom is -0.377 e. The van der Waals surface area contributed by atoms with Gasteiger partial charge in [0.05, 0.1) is 5.69 Å². The number of aliphatic imine (C=N–C) groups is 1. The number of nitrogens with two attached hydrogens (primary N) is 1. The van der Waals surface area contributed by atoms with Crippen LogP contribution in [0.1, 0.15) is 36.0 Å². The highest BCUT2D eigenvalue weighted by molar-refractivity contribution is 6.03. The molecule has 0 aromatic carbocycles. The molecule has 2 N–H and O–H groups in total. The molecule has 1 heterocycles. The van der Waals surface area contributed by atoms with E-state index >= 15 is 0 Å². The molecule has 0 bridgehead atoms. The van der Waals surface area contributed by atoms with Crippen LogP contribution in [-0.2, 0) is 0 Å². The van der Waals surface area contributed by atoms with Crippen molar-refractivity contribution in [1.29, 1.82) is 0 Å². The first-order valence-electron chi connectivity index (χ1n) is 6.12. The predicted molar refractivity (Wildman–Crippen MR) is 72.6 cm³/mol. The summed E-state index contributed by atoms with van der Waals surface area (Å²) in [6.45, 7) is 0. The van der Waals surface area contributed by atoms with Crippen molar-refractivity contribution >= 4 is 23.1 Å². The zero-order valence-corrected chi connectivity index (χ0v) is 10.8. The van der Waals surface area contributed by atoms with Crippen molar-refractivity contribution in [3.63, 3.8) is 0 Å². The maximum atomic E-state index is 11.6. The van der Waals surface area contributed by atoms with Crippen LogP contribution in [0.25, 0.3) is 0 Å². The third kappa shape index (κ3) is 2.50. The summed E-state index contributed by atoms with van der Waals surface area (Å²) in [7, 11) is 3.74. The standard InChI is InChI=1S/C13H18N4O/c1-17(2)10-7-8-15-13(11(10)12(14)18)16-9-5-3-4-6-9/h7-8H,3-6H2,1-2H3,(H2,14,18). The van der Waals surface area contributed by atoms with E-state index in [2.05, 4.69) is 9.98 Å². The molecule has 5 heteroatoms. The number of carbonyl (C=O) groups excluding carboxylic acids is 1. The van der Waals surface area contributed by atoms with Crippen LogP contribution in [0.5, 0.6) is 0 Å². The Bertz CT molecular complexity index is 486. The molecule has 1 amide bonds. The van der Waals surface area contributed by atoms with Crippen molar-refractivity contribution in [3.05, 3.63) is 17.8 Å². The van der Waals surface area contributed by atoms with E-state index in [0.717, 1.165) is 37.1 Å². The fraction of sp³-hybridized carbons (Fsp3) is 0.462. The van der Waals surface area contributed by atoms with Crippen LogP contribution in [-0.4, -0.2) is 30.7 Å². The molecule has 0 unspecified atom stereocenters. The van der Waals surface area contributed by atoms with Crippen molar-refractivity contribution in [1.82, 2.24) is 4.98 Å². The van der Waals surface area contributed by atoms with Gasteiger partial charge in [-0.15, -0.1) is 0 Å². The normalized spacial score (nSPS) is 14.7. The summed E-state index contributed by atoms with van der Waals surface area (Å²) >= 11 is 0. The number of carbonyl (C=O) groups is 1. The Morgan fingerprint density at radius 1 is 1.39 bits per heavy atom. The molecule has 1 saturated carbocycles. The molecule has 1 aliphatic rings. The smallest absolute Gasteiger partial charge is 0.254 e. The summed E-state index contributed by atoms with van der Waals surface area (Å²) < 4.78 is 0. The van der Waals surface area contributed by atoms with E-state index in [9.17, 15) is 4.79 Å². The minimum absolute atomic E-state index is 0.405. The van der Waals surface area contributed by atoms with Crippen molar-refractivity contribution < 1.29 is 4.79 Å². The molecule has 96 valence electrons. The Hall–Kier alpha value is -1.91. The average molecular weight is 246 g/mol. The van der Waals surface area contributed by atoms with Gasteiger partial charge in [0.2, 0.25) is 0 Å². The highest BCUT2D eigenvalue weighted by Crippen LogP contribution is 2.28. The molecule has 0 saturated heterocycles. The Kier molecular flexibility index (Phi) is 3.60. The molecule has 1 fully saturated rings. The van der Waals surface area contributed by atoms with E-state index in [-0.39, 0.29) is 0 Å². The van der Waals surface area contributed by atoms with E-state index in [1.165, 1.54) is 0 Å². The van der Waals surface area contributed by atoms with Crippen LogP contribution in [0.4, 0.5) is 11.5 Å². The molecule has 0 radical (unpaired) electrons. The van der Waals surface area contributed by atoms with Crippen LogP contribution in [0, 0.1) is 0 Å². The fourth-order valence-corrected chi connectivity index (χ4v) is 2.18. The summed E-state index contributed by atoms with van der Waals surface area (Å²) in [5.41, 5.74) is 7.73. The number of hydrogen-bond acceptors (Lipinski definition) is 4. The number of amides is 1. The second-order valence-corrected chi connectivity index (χ2v) is 4.67. The lowest BCUT2D eigenvalue weighted by Gasteiger charge is -2.16. The van der Waals surface area contributed by atoms with Gasteiger partial charge in [-0.25, -0.2) is 9.98 Å². The number of anilines is 1.